The first-order valence-corrected chi connectivity index (χ1v) is 9.51. The SMILES string of the molecule is O=C1NC(=O)/C(=C/c2cnn3c(NC4CC4)nc(NCc4cccc(F)c4F)nc23)N1. The van der Waals surface area contributed by atoms with Crippen LogP contribution in [-0.2, 0) is 11.3 Å². The Morgan fingerprint density at radius 2 is 2.03 bits per heavy atom. The molecule has 0 unspecified atom stereocenters. The molecule has 12 heteroatoms. The number of carbonyl (C=O) groups is 2. The van der Waals surface area contributed by atoms with E-state index in [-0.39, 0.29) is 29.8 Å². The minimum absolute atomic E-state index is 0.0361. The van der Waals surface area contributed by atoms with E-state index in [1.54, 1.807) is 0 Å². The fourth-order valence-corrected chi connectivity index (χ4v) is 3.08. The molecule has 0 spiro atoms. The predicted octanol–water partition coefficient (Wildman–Crippen LogP) is 1.77. The highest BCUT2D eigenvalue weighted by molar-refractivity contribution is 6.14. The number of aromatic nitrogens is 4. The Morgan fingerprint density at radius 3 is 2.77 bits per heavy atom. The molecule has 31 heavy (non-hydrogen) atoms. The monoisotopic (exact) mass is 426 g/mol. The molecule has 0 radical (unpaired) electrons. The smallest absolute Gasteiger partial charge is 0.326 e. The highest BCUT2D eigenvalue weighted by atomic mass is 19.2. The van der Waals surface area contributed by atoms with Crippen LogP contribution in [0.1, 0.15) is 24.0 Å². The summed E-state index contributed by atoms with van der Waals surface area (Å²) in [5.74, 6) is -1.85. The zero-order valence-electron chi connectivity index (χ0n) is 15.9. The van der Waals surface area contributed by atoms with Gasteiger partial charge in [-0.1, -0.05) is 12.1 Å². The van der Waals surface area contributed by atoms with Gasteiger partial charge in [0, 0.05) is 23.7 Å². The molecule has 0 bridgehead atoms. The number of amides is 3. The summed E-state index contributed by atoms with van der Waals surface area (Å²) in [5.41, 5.74) is 1.02. The molecule has 1 saturated heterocycles. The Morgan fingerprint density at radius 1 is 1.19 bits per heavy atom. The van der Waals surface area contributed by atoms with Crippen molar-refractivity contribution in [3.8, 4) is 0 Å². The maximum atomic E-state index is 14.0. The molecule has 3 aromatic rings. The number of nitrogens with zero attached hydrogens (tertiary/aromatic N) is 4. The summed E-state index contributed by atoms with van der Waals surface area (Å²) in [6, 6.07) is 3.57. The fraction of sp³-hybridized carbons (Fsp3) is 0.211. The average Bonchev–Trinajstić information content (AvgIpc) is 3.37. The number of benzene rings is 1. The van der Waals surface area contributed by atoms with Gasteiger partial charge in [0.1, 0.15) is 5.70 Å². The number of hydrogen-bond acceptors (Lipinski definition) is 7. The molecular formula is C19H16F2N8O2. The number of imide groups is 1. The molecule has 2 aromatic heterocycles. The fourth-order valence-electron chi connectivity index (χ4n) is 3.08. The lowest BCUT2D eigenvalue weighted by Gasteiger charge is -2.11. The molecule has 0 atom stereocenters. The van der Waals surface area contributed by atoms with Crippen LogP contribution in [0.3, 0.4) is 0 Å². The van der Waals surface area contributed by atoms with Crippen LogP contribution in [0, 0.1) is 11.6 Å². The largest absolute Gasteiger partial charge is 0.351 e. The lowest BCUT2D eigenvalue weighted by atomic mass is 10.2. The Balaban J connectivity index is 1.50. The number of carbonyl (C=O) groups excluding carboxylic acids is 2. The van der Waals surface area contributed by atoms with E-state index in [1.165, 1.54) is 28.9 Å². The molecule has 5 rings (SSSR count). The molecule has 1 aliphatic carbocycles. The van der Waals surface area contributed by atoms with Crippen molar-refractivity contribution < 1.29 is 18.4 Å². The summed E-state index contributed by atoms with van der Waals surface area (Å²) in [7, 11) is 0. The van der Waals surface area contributed by atoms with E-state index in [4.69, 9.17) is 0 Å². The van der Waals surface area contributed by atoms with Gasteiger partial charge < -0.3 is 16.0 Å². The van der Waals surface area contributed by atoms with Crippen molar-refractivity contribution in [2.24, 2.45) is 0 Å². The molecule has 1 aliphatic heterocycles. The van der Waals surface area contributed by atoms with Gasteiger partial charge in [-0.2, -0.15) is 19.6 Å². The molecule has 2 fully saturated rings. The number of fused-ring (bicyclic) bond motifs is 1. The molecule has 2 aliphatic rings. The first-order valence-electron chi connectivity index (χ1n) is 9.51. The van der Waals surface area contributed by atoms with Gasteiger partial charge in [-0.05, 0) is 25.0 Å². The minimum atomic E-state index is -0.940. The van der Waals surface area contributed by atoms with Gasteiger partial charge in [0.2, 0.25) is 11.9 Å². The maximum absolute atomic E-state index is 14.0. The number of nitrogens with one attached hydrogen (secondary N) is 4. The van der Waals surface area contributed by atoms with Crippen molar-refractivity contribution in [3.05, 3.63) is 52.9 Å². The molecule has 1 aromatic carbocycles. The van der Waals surface area contributed by atoms with Gasteiger partial charge in [-0.3, -0.25) is 10.1 Å². The first-order chi connectivity index (χ1) is 15.0. The van der Waals surface area contributed by atoms with Crippen LogP contribution in [0.2, 0.25) is 0 Å². The second-order valence-electron chi connectivity index (χ2n) is 7.16. The standard InChI is InChI=1S/C19H16F2N8O2/c20-12-3-1-2-9(14(12)21)7-22-17-26-15-10(6-13-16(30)27-19(31)25-13)8-23-29(15)18(28-17)24-11-4-5-11/h1-3,6,8,11H,4-5,7H2,(H2,22,24,26,28)(H2,25,27,30,31)/b13-6-. The lowest BCUT2D eigenvalue weighted by Crippen LogP contribution is -2.22. The zero-order valence-corrected chi connectivity index (χ0v) is 15.9. The summed E-state index contributed by atoms with van der Waals surface area (Å²) in [6.07, 6.45) is 4.93. The van der Waals surface area contributed by atoms with Gasteiger partial charge in [-0.25, -0.2) is 13.6 Å². The maximum Gasteiger partial charge on any atom is 0.326 e. The van der Waals surface area contributed by atoms with Crippen LogP contribution < -0.4 is 21.3 Å². The number of rotatable bonds is 6. The van der Waals surface area contributed by atoms with Gasteiger partial charge in [0.15, 0.2) is 17.3 Å². The summed E-state index contributed by atoms with van der Waals surface area (Å²) in [4.78, 5) is 32.0. The van der Waals surface area contributed by atoms with Crippen molar-refractivity contribution >= 4 is 35.6 Å². The molecule has 10 nitrogen and oxygen atoms in total. The van der Waals surface area contributed by atoms with Crippen molar-refractivity contribution in [1.82, 2.24) is 30.2 Å². The van der Waals surface area contributed by atoms with E-state index in [0.29, 0.717) is 17.2 Å². The topological polar surface area (TPSA) is 125 Å². The predicted molar refractivity (Wildman–Crippen MR) is 106 cm³/mol. The van der Waals surface area contributed by atoms with E-state index < -0.39 is 23.6 Å². The van der Waals surface area contributed by atoms with Crippen LogP contribution in [0.4, 0.5) is 25.5 Å². The Kier molecular flexibility index (Phi) is 4.46. The van der Waals surface area contributed by atoms with Crippen molar-refractivity contribution in [3.63, 3.8) is 0 Å². The van der Waals surface area contributed by atoms with Gasteiger partial charge >= 0.3 is 6.03 Å². The Bertz CT molecular complexity index is 1250. The third kappa shape index (κ3) is 3.74. The molecule has 3 heterocycles. The quantitative estimate of drug-likeness (QED) is 0.350. The molecule has 158 valence electrons. The van der Waals surface area contributed by atoms with Crippen LogP contribution >= 0.6 is 0 Å². The highest BCUT2D eigenvalue weighted by Crippen LogP contribution is 2.26. The minimum Gasteiger partial charge on any atom is -0.351 e. The summed E-state index contributed by atoms with van der Waals surface area (Å²) in [5, 5.41) is 15.0. The molecule has 3 amide bonds. The van der Waals surface area contributed by atoms with Crippen LogP contribution in [0.5, 0.6) is 0 Å². The summed E-state index contributed by atoms with van der Waals surface area (Å²) >= 11 is 0. The van der Waals surface area contributed by atoms with Gasteiger partial charge in [-0.15, -0.1) is 0 Å². The van der Waals surface area contributed by atoms with Crippen molar-refractivity contribution in [2.45, 2.75) is 25.4 Å². The lowest BCUT2D eigenvalue weighted by molar-refractivity contribution is -0.115. The summed E-state index contributed by atoms with van der Waals surface area (Å²) in [6.45, 7) is -0.0361. The van der Waals surface area contributed by atoms with Crippen LogP contribution in [-0.4, -0.2) is 37.6 Å². The second-order valence-corrected chi connectivity index (χ2v) is 7.16. The molecule has 1 saturated carbocycles. The molecule has 4 N–H and O–H groups in total. The summed E-state index contributed by atoms with van der Waals surface area (Å²) < 4.78 is 28.9. The van der Waals surface area contributed by atoms with Gasteiger partial charge in [0.05, 0.1) is 6.20 Å². The number of hydrogen-bond donors (Lipinski definition) is 4. The number of halogens is 2. The van der Waals surface area contributed by atoms with E-state index in [9.17, 15) is 18.4 Å². The molecular weight excluding hydrogens is 410 g/mol. The van der Waals surface area contributed by atoms with Gasteiger partial charge in [0.25, 0.3) is 5.91 Å². The Hall–Kier alpha value is -4.09. The van der Waals surface area contributed by atoms with E-state index in [0.717, 1.165) is 18.9 Å². The number of urea groups is 1. The average molecular weight is 426 g/mol. The highest BCUT2D eigenvalue weighted by Gasteiger charge is 2.26. The van der Waals surface area contributed by atoms with E-state index >= 15 is 0 Å². The third-order valence-electron chi connectivity index (χ3n) is 4.79. The van der Waals surface area contributed by atoms with Crippen molar-refractivity contribution in [1.29, 1.82) is 0 Å². The van der Waals surface area contributed by atoms with Crippen LogP contribution in [0.25, 0.3) is 11.7 Å². The van der Waals surface area contributed by atoms with Crippen molar-refractivity contribution in [2.75, 3.05) is 10.6 Å². The van der Waals surface area contributed by atoms with E-state index in [2.05, 4.69) is 36.3 Å². The first kappa shape index (κ1) is 18.9. The second kappa shape index (κ2) is 7.31. The third-order valence-corrected chi connectivity index (χ3v) is 4.79. The Labute approximate surface area is 173 Å². The normalized spacial score (nSPS) is 17.2. The van der Waals surface area contributed by atoms with Crippen LogP contribution in [0.15, 0.2) is 30.1 Å². The van der Waals surface area contributed by atoms with E-state index in [1.807, 2.05) is 0 Å². The number of anilines is 2. The zero-order chi connectivity index (χ0) is 21.5.